The zero-order valence-electron chi connectivity index (χ0n) is 11.9. The van der Waals surface area contributed by atoms with Crippen LogP contribution in [0.25, 0.3) is 0 Å². The van der Waals surface area contributed by atoms with E-state index in [0.717, 1.165) is 11.3 Å². The van der Waals surface area contributed by atoms with Gasteiger partial charge < -0.3 is 4.90 Å². The minimum Gasteiger partial charge on any atom is -0.343 e. The number of para-hydroxylation sites is 1. The van der Waals surface area contributed by atoms with E-state index < -0.39 is 0 Å². The number of Topliss-reactive ketones (excluding diaryl/α,β-unsaturated/α-hetero) is 1. The summed E-state index contributed by atoms with van der Waals surface area (Å²) in [6.45, 7) is 3.88. The molecular formula is C17H17NOS. The summed E-state index contributed by atoms with van der Waals surface area (Å²) in [4.78, 5) is 16.8. The molecule has 0 unspecified atom stereocenters. The number of benzene rings is 2. The van der Waals surface area contributed by atoms with Crippen LogP contribution in [0.2, 0.25) is 0 Å². The van der Waals surface area contributed by atoms with E-state index in [1.165, 1.54) is 15.5 Å². The summed E-state index contributed by atoms with van der Waals surface area (Å²) >= 11 is 1.76. The maximum atomic E-state index is 12.2. The van der Waals surface area contributed by atoms with Crippen molar-refractivity contribution in [1.29, 1.82) is 0 Å². The quantitative estimate of drug-likeness (QED) is 0.741. The largest absolute Gasteiger partial charge is 0.343 e. The third-order valence-electron chi connectivity index (χ3n) is 3.58. The smallest absolute Gasteiger partial charge is 0.165 e. The average Bonchev–Trinajstić information content (AvgIpc) is 2.46. The zero-order valence-corrected chi connectivity index (χ0v) is 12.7. The molecule has 0 aliphatic carbocycles. The minimum atomic E-state index is 0.0295. The van der Waals surface area contributed by atoms with Crippen LogP contribution in [0.15, 0.2) is 52.3 Å². The van der Waals surface area contributed by atoms with Crippen molar-refractivity contribution in [2.75, 3.05) is 11.9 Å². The molecule has 2 aromatic carbocycles. The highest BCUT2D eigenvalue weighted by molar-refractivity contribution is 7.99. The standard InChI is InChI=1S/C17H17NOS/c1-11(2)17(19)12-8-9-16-14(10-12)18(3)13-6-4-5-7-15(13)20-16/h4-11H,1-3H3. The number of hydrogen-bond donors (Lipinski definition) is 0. The maximum absolute atomic E-state index is 12.2. The zero-order chi connectivity index (χ0) is 14.3. The highest BCUT2D eigenvalue weighted by Crippen LogP contribution is 2.47. The average molecular weight is 283 g/mol. The minimum absolute atomic E-state index is 0.0295. The molecule has 2 aromatic rings. The number of fused-ring (bicyclic) bond motifs is 2. The highest BCUT2D eigenvalue weighted by atomic mass is 32.2. The van der Waals surface area contributed by atoms with Crippen molar-refractivity contribution in [2.45, 2.75) is 23.6 Å². The molecule has 20 heavy (non-hydrogen) atoms. The Kier molecular flexibility index (Phi) is 3.30. The third-order valence-corrected chi connectivity index (χ3v) is 4.71. The van der Waals surface area contributed by atoms with Crippen molar-refractivity contribution in [3.63, 3.8) is 0 Å². The van der Waals surface area contributed by atoms with Gasteiger partial charge in [0.1, 0.15) is 0 Å². The van der Waals surface area contributed by atoms with E-state index in [2.05, 4.69) is 36.2 Å². The van der Waals surface area contributed by atoms with Gasteiger partial charge in [-0.25, -0.2) is 0 Å². The van der Waals surface area contributed by atoms with Crippen LogP contribution >= 0.6 is 11.8 Å². The lowest BCUT2D eigenvalue weighted by atomic mass is 10.0. The van der Waals surface area contributed by atoms with Crippen molar-refractivity contribution >= 4 is 28.9 Å². The Bertz CT molecular complexity index is 678. The van der Waals surface area contributed by atoms with Gasteiger partial charge in [0.2, 0.25) is 0 Å². The molecule has 0 saturated carbocycles. The molecule has 1 heterocycles. The summed E-state index contributed by atoms with van der Waals surface area (Å²) in [7, 11) is 2.06. The monoisotopic (exact) mass is 283 g/mol. The number of carbonyl (C=O) groups is 1. The van der Waals surface area contributed by atoms with Crippen LogP contribution in [0.5, 0.6) is 0 Å². The molecule has 0 spiro atoms. The van der Waals surface area contributed by atoms with Crippen LogP contribution in [0.3, 0.4) is 0 Å². The Labute approximate surface area is 123 Å². The summed E-state index contributed by atoms with van der Waals surface area (Å²) in [5.41, 5.74) is 3.10. The van der Waals surface area contributed by atoms with Gasteiger partial charge in [0.05, 0.1) is 11.4 Å². The lowest BCUT2D eigenvalue weighted by Crippen LogP contribution is -2.16. The van der Waals surface area contributed by atoms with Gasteiger partial charge in [0.15, 0.2) is 5.78 Å². The van der Waals surface area contributed by atoms with Crippen LogP contribution < -0.4 is 4.90 Å². The van der Waals surface area contributed by atoms with Crippen molar-refractivity contribution in [3.8, 4) is 0 Å². The molecular weight excluding hydrogens is 266 g/mol. The van der Waals surface area contributed by atoms with E-state index in [1.807, 2.05) is 32.0 Å². The van der Waals surface area contributed by atoms with E-state index in [9.17, 15) is 4.79 Å². The second kappa shape index (κ2) is 4.98. The number of carbonyl (C=O) groups excluding carboxylic acids is 1. The first-order valence-electron chi connectivity index (χ1n) is 6.77. The molecule has 102 valence electrons. The molecule has 0 radical (unpaired) electrons. The maximum Gasteiger partial charge on any atom is 0.165 e. The molecule has 2 nitrogen and oxygen atoms in total. The van der Waals surface area contributed by atoms with E-state index in [1.54, 1.807) is 11.8 Å². The van der Waals surface area contributed by atoms with Gasteiger partial charge >= 0.3 is 0 Å². The number of nitrogens with zero attached hydrogens (tertiary/aromatic N) is 1. The van der Waals surface area contributed by atoms with E-state index in [4.69, 9.17) is 0 Å². The molecule has 3 heteroatoms. The molecule has 0 aromatic heterocycles. The van der Waals surface area contributed by atoms with Crippen LogP contribution in [-0.4, -0.2) is 12.8 Å². The predicted molar refractivity (Wildman–Crippen MR) is 84.2 cm³/mol. The molecule has 0 saturated heterocycles. The topological polar surface area (TPSA) is 20.3 Å². The van der Waals surface area contributed by atoms with Crippen LogP contribution in [-0.2, 0) is 0 Å². The first kappa shape index (κ1) is 13.3. The molecule has 3 rings (SSSR count). The Morgan fingerprint density at radius 2 is 1.75 bits per heavy atom. The molecule has 0 fully saturated rings. The Morgan fingerprint density at radius 1 is 1.05 bits per heavy atom. The molecule has 1 aliphatic rings. The number of anilines is 2. The summed E-state index contributed by atoms with van der Waals surface area (Å²) in [6.07, 6.45) is 0. The lowest BCUT2D eigenvalue weighted by Gasteiger charge is -2.29. The Balaban J connectivity index is 2.06. The van der Waals surface area contributed by atoms with Crippen molar-refractivity contribution in [1.82, 2.24) is 0 Å². The lowest BCUT2D eigenvalue weighted by molar-refractivity contribution is 0.0939. The summed E-state index contributed by atoms with van der Waals surface area (Å²) in [5.74, 6) is 0.229. The summed E-state index contributed by atoms with van der Waals surface area (Å²) in [6, 6.07) is 14.4. The van der Waals surface area contributed by atoms with Crippen molar-refractivity contribution in [2.24, 2.45) is 5.92 Å². The van der Waals surface area contributed by atoms with Crippen LogP contribution in [0.4, 0.5) is 11.4 Å². The fourth-order valence-corrected chi connectivity index (χ4v) is 3.55. The molecule has 1 aliphatic heterocycles. The molecule has 0 atom stereocenters. The van der Waals surface area contributed by atoms with Gasteiger partial charge in [-0.15, -0.1) is 0 Å². The normalized spacial score (nSPS) is 13.1. The van der Waals surface area contributed by atoms with Crippen molar-refractivity contribution < 1.29 is 4.79 Å². The van der Waals surface area contributed by atoms with Gasteiger partial charge in [-0.05, 0) is 24.3 Å². The Hall–Kier alpha value is -1.74. The molecule has 0 amide bonds. The molecule has 0 N–H and O–H groups in total. The highest BCUT2D eigenvalue weighted by Gasteiger charge is 2.22. The fraction of sp³-hybridized carbons (Fsp3) is 0.235. The summed E-state index contributed by atoms with van der Waals surface area (Å²) < 4.78 is 0. The van der Waals surface area contributed by atoms with E-state index in [-0.39, 0.29) is 11.7 Å². The fourth-order valence-electron chi connectivity index (χ4n) is 2.42. The summed E-state index contributed by atoms with van der Waals surface area (Å²) in [5, 5.41) is 0. The van der Waals surface area contributed by atoms with Gasteiger partial charge in [-0.1, -0.05) is 43.8 Å². The van der Waals surface area contributed by atoms with E-state index in [0.29, 0.717) is 0 Å². The third kappa shape index (κ3) is 2.12. The van der Waals surface area contributed by atoms with Gasteiger partial charge in [-0.3, -0.25) is 4.79 Å². The van der Waals surface area contributed by atoms with Gasteiger partial charge in [0, 0.05) is 28.3 Å². The van der Waals surface area contributed by atoms with Crippen LogP contribution in [0.1, 0.15) is 24.2 Å². The SMILES string of the molecule is CC(C)C(=O)c1ccc2c(c1)N(C)c1ccccc1S2. The first-order chi connectivity index (χ1) is 9.58. The second-order valence-electron chi connectivity index (χ2n) is 5.33. The number of hydrogen-bond acceptors (Lipinski definition) is 3. The van der Waals surface area contributed by atoms with Gasteiger partial charge in [-0.2, -0.15) is 0 Å². The number of ketones is 1. The predicted octanol–water partition coefficient (Wildman–Crippen LogP) is 4.76. The van der Waals surface area contributed by atoms with Gasteiger partial charge in [0.25, 0.3) is 0 Å². The first-order valence-corrected chi connectivity index (χ1v) is 7.58. The second-order valence-corrected chi connectivity index (χ2v) is 6.41. The Morgan fingerprint density at radius 3 is 2.50 bits per heavy atom. The van der Waals surface area contributed by atoms with E-state index >= 15 is 0 Å². The van der Waals surface area contributed by atoms with Crippen molar-refractivity contribution in [3.05, 3.63) is 48.0 Å². The number of rotatable bonds is 2. The molecule has 0 bridgehead atoms. The van der Waals surface area contributed by atoms with Crippen LogP contribution in [0, 0.1) is 5.92 Å².